The molecule has 162 valence electrons. The summed E-state index contributed by atoms with van der Waals surface area (Å²) in [5, 5.41) is 0. The van der Waals surface area contributed by atoms with Crippen LogP contribution in [0.4, 0.5) is 13.2 Å². The van der Waals surface area contributed by atoms with E-state index in [1.165, 1.54) is 10.5 Å². The van der Waals surface area contributed by atoms with E-state index in [0.717, 1.165) is 24.3 Å². The minimum absolute atomic E-state index is 0.0296. The Labute approximate surface area is 169 Å². The molecule has 2 aromatic rings. The summed E-state index contributed by atoms with van der Waals surface area (Å²) in [6.45, 7) is 0.236. The molecule has 0 saturated carbocycles. The van der Waals surface area contributed by atoms with Gasteiger partial charge in [0.15, 0.2) is 0 Å². The highest BCUT2D eigenvalue weighted by molar-refractivity contribution is 7.89. The van der Waals surface area contributed by atoms with Gasteiger partial charge in [-0.25, -0.2) is 8.42 Å². The molecule has 2 heterocycles. The first-order valence-electron chi connectivity index (χ1n) is 8.74. The third-order valence-corrected chi connectivity index (χ3v) is 6.08. The third-order valence-electron chi connectivity index (χ3n) is 4.20. The summed E-state index contributed by atoms with van der Waals surface area (Å²) in [5.74, 6) is -0.499. The van der Waals surface area contributed by atoms with Crippen LogP contribution in [0.2, 0.25) is 0 Å². The highest BCUT2D eigenvalue weighted by atomic mass is 32.2. The summed E-state index contributed by atoms with van der Waals surface area (Å²) in [7, 11) is -3.88. The lowest BCUT2D eigenvalue weighted by Crippen LogP contribution is -2.36. The Morgan fingerprint density at radius 1 is 1.17 bits per heavy atom. The molecule has 0 bridgehead atoms. The van der Waals surface area contributed by atoms with Gasteiger partial charge in [-0.3, -0.25) is 15.1 Å². The van der Waals surface area contributed by atoms with Gasteiger partial charge in [-0.15, -0.1) is 13.2 Å². The average molecular weight is 445 g/mol. The average Bonchev–Trinajstić information content (AvgIpc) is 2.69. The molecule has 1 aromatic carbocycles. The number of rotatable bonds is 7. The van der Waals surface area contributed by atoms with E-state index in [2.05, 4.69) is 15.2 Å². The van der Waals surface area contributed by atoms with Crippen LogP contribution in [0.25, 0.3) is 0 Å². The van der Waals surface area contributed by atoms with Crippen LogP contribution >= 0.6 is 0 Å². The van der Waals surface area contributed by atoms with Crippen LogP contribution in [-0.4, -0.2) is 37.2 Å². The highest BCUT2D eigenvalue weighted by Gasteiger charge is 2.31. The SMILES string of the molecule is O=c1[nH]cccc1CONC1=CCN(S(=O)(=O)c2ccc(OC(F)(F)F)cc2)CC1. The maximum Gasteiger partial charge on any atom is 0.573 e. The van der Waals surface area contributed by atoms with E-state index in [1.54, 1.807) is 18.2 Å². The molecule has 0 radical (unpaired) electrons. The van der Waals surface area contributed by atoms with Crippen LogP contribution in [-0.2, 0) is 21.5 Å². The molecule has 0 aliphatic carbocycles. The maximum atomic E-state index is 12.7. The predicted octanol–water partition coefficient (Wildman–Crippen LogP) is 2.27. The van der Waals surface area contributed by atoms with Crippen molar-refractivity contribution in [3.05, 3.63) is 70.3 Å². The molecule has 1 aliphatic rings. The van der Waals surface area contributed by atoms with E-state index in [9.17, 15) is 26.4 Å². The number of pyridine rings is 1. The number of sulfonamides is 1. The van der Waals surface area contributed by atoms with E-state index >= 15 is 0 Å². The number of hydrogen-bond acceptors (Lipinski definition) is 6. The molecule has 1 aliphatic heterocycles. The number of benzene rings is 1. The molecule has 0 spiro atoms. The molecule has 3 rings (SSSR count). The quantitative estimate of drug-likeness (QED) is 0.635. The summed E-state index contributed by atoms with van der Waals surface area (Å²) in [5.41, 5.74) is 3.53. The number of H-pyrrole nitrogens is 1. The second kappa shape index (κ2) is 8.90. The van der Waals surface area contributed by atoms with Crippen molar-refractivity contribution in [2.45, 2.75) is 24.3 Å². The van der Waals surface area contributed by atoms with E-state index < -0.39 is 22.1 Å². The Morgan fingerprint density at radius 2 is 1.90 bits per heavy atom. The van der Waals surface area contributed by atoms with E-state index in [-0.39, 0.29) is 30.2 Å². The smallest absolute Gasteiger partial charge is 0.406 e. The van der Waals surface area contributed by atoms with Crippen molar-refractivity contribution in [1.82, 2.24) is 14.8 Å². The van der Waals surface area contributed by atoms with Gasteiger partial charge in [0.1, 0.15) is 12.4 Å². The van der Waals surface area contributed by atoms with E-state index in [4.69, 9.17) is 4.84 Å². The number of nitrogens with zero attached hydrogens (tertiary/aromatic N) is 1. The molecular weight excluding hydrogens is 427 g/mol. The lowest BCUT2D eigenvalue weighted by atomic mass is 10.2. The lowest BCUT2D eigenvalue weighted by Gasteiger charge is -2.26. The zero-order valence-corrected chi connectivity index (χ0v) is 16.3. The van der Waals surface area contributed by atoms with Crippen molar-refractivity contribution in [1.29, 1.82) is 0 Å². The number of hydroxylamine groups is 1. The molecule has 0 unspecified atom stereocenters. The molecular formula is C18H18F3N3O5S. The number of aromatic nitrogens is 1. The monoisotopic (exact) mass is 445 g/mol. The van der Waals surface area contributed by atoms with Gasteiger partial charge in [-0.1, -0.05) is 0 Å². The van der Waals surface area contributed by atoms with E-state index in [0.29, 0.717) is 17.7 Å². The molecule has 0 atom stereocenters. The van der Waals surface area contributed by atoms with Crippen molar-refractivity contribution in [2.24, 2.45) is 0 Å². The minimum atomic E-state index is -4.85. The first kappa shape index (κ1) is 21.9. The molecule has 12 heteroatoms. The number of ether oxygens (including phenoxy) is 1. The topological polar surface area (TPSA) is 101 Å². The van der Waals surface area contributed by atoms with Gasteiger partial charge in [0.2, 0.25) is 10.0 Å². The summed E-state index contributed by atoms with van der Waals surface area (Å²) in [4.78, 5) is 19.2. The second-order valence-corrected chi connectivity index (χ2v) is 8.21. The van der Waals surface area contributed by atoms with Crippen molar-refractivity contribution in [3.63, 3.8) is 0 Å². The molecule has 0 amide bonds. The van der Waals surface area contributed by atoms with Crippen molar-refractivity contribution >= 4 is 10.0 Å². The van der Waals surface area contributed by atoms with Gasteiger partial charge < -0.3 is 9.72 Å². The Bertz CT molecular complexity index is 1070. The molecule has 8 nitrogen and oxygen atoms in total. The van der Waals surface area contributed by atoms with Crippen molar-refractivity contribution in [2.75, 3.05) is 13.1 Å². The number of aromatic amines is 1. The maximum absolute atomic E-state index is 12.7. The first-order valence-corrected chi connectivity index (χ1v) is 10.2. The summed E-state index contributed by atoms with van der Waals surface area (Å²) in [6, 6.07) is 7.32. The Morgan fingerprint density at radius 3 is 2.50 bits per heavy atom. The van der Waals surface area contributed by atoms with Gasteiger partial charge in [0.05, 0.1) is 4.90 Å². The standard InChI is InChI=1S/C18H18F3N3O5S/c19-18(20,21)29-15-3-5-16(6-4-15)30(26,27)24-10-7-14(8-11-24)23-28-12-13-2-1-9-22-17(13)25/h1-7,9,23H,8,10-12H2,(H,22,25). The van der Waals surface area contributed by atoms with Gasteiger partial charge in [-0.05, 0) is 42.5 Å². The number of hydrogen-bond donors (Lipinski definition) is 2. The highest BCUT2D eigenvalue weighted by Crippen LogP contribution is 2.26. The minimum Gasteiger partial charge on any atom is -0.406 e. The van der Waals surface area contributed by atoms with Crippen LogP contribution in [0.5, 0.6) is 5.75 Å². The van der Waals surface area contributed by atoms with Crippen LogP contribution in [0, 0.1) is 0 Å². The molecule has 1 aromatic heterocycles. The fourth-order valence-corrected chi connectivity index (χ4v) is 4.08. The zero-order valence-electron chi connectivity index (χ0n) is 15.5. The van der Waals surface area contributed by atoms with Gasteiger partial charge in [0.25, 0.3) is 5.56 Å². The predicted molar refractivity (Wildman–Crippen MR) is 99.6 cm³/mol. The number of nitrogens with one attached hydrogen (secondary N) is 2. The summed E-state index contributed by atoms with van der Waals surface area (Å²) in [6.07, 6.45) is -1.39. The van der Waals surface area contributed by atoms with Gasteiger partial charge in [0, 0.05) is 37.0 Å². The van der Waals surface area contributed by atoms with Crippen LogP contribution in [0.3, 0.4) is 0 Å². The second-order valence-electron chi connectivity index (χ2n) is 6.28. The largest absolute Gasteiger partial charge is 0.573 e. The number of halogens is 3. The fraction of sp³-hybridized carbons (Fsp3) is 0.278. The Balaban J connectivity index is 1.57. The molecule has 0 fully saturated rings. The fourth-order valence-electron chi connectivity index (χ4n) is 2.70. The van der Waals surface area contributed by atoms with Crippen LogP contribution < -0.4 is 15.8 Å². The van der Waals surface area contributed by atoms with Crippen LogP contribution in [0.1, 0.15) is 12.0 Å². The normalized spacial score (nSPS) is 15.5. The molecule has 0 saturated heterocycles. The van der Waals surface area contributed by atoms with Crippen molar-refractivity contribution in [3.8, 4) is 5.75 Å². The Kier molecular flexibility index (Phi) is 6.48. The van der Waals surface area contributed by atoms with Crippen LogP contribution in [0.15, 0.2) is 64.1 Å². The molecule has 2 N–H and O–H groups in total. The Hall–Kier alpha value is -2.83. The van der Waals surface area contributed by atoms with E-state index in [1.807, 2.05) is 0 Å². The van der Waals surface area contributed by atoms with Crippen molar-refractivity contribution < 1.29 is 31.2 Å². The first-order chi connectivity index (χ1) is 14.1. The zero-order chi connectivity index (χ0) is 21.8. The molecule has 30 heavy (non-hydrogen) atoms. The third kappa shape index (κ3) is 5.62. The van der Waals surface area contributed by atoms with Gasteiger partial charge in [-0.2, -0.15) is 4.31 Å². The van der Waals surface area contributed by atoms with Gasteiger partial charge >= 0.3 is 6.36 Å². The lowest BCUT2D eigenvalue weighted by molar-refractivity contribution is -0.274. The number of alkyl halides is 3. The summed E-state index contributed by atoms with van der Waals surface area (Å²) >= 11 is 0. The summed E-state index contributed by atoms with van der Waals surface area (Å²) < 4.78 is 66.9.